The Bertz CT molecular complexity index is 3010. The lowest BCUT2D eigenvalue weighted by molar-refractivity contribution is 0.905. The van der Waals surface area contributed by atoms with E-state index in [-0.39, 0.29) is 0 Å². The highest BCUT2D eigenvalue weighted by molar-refractivity contribution is 6.18. The molecule has 1 heteroatoms. The summed E-state index contributed by atoms with van der Waals surface area (Å²) in [4.78, 5) is 2.59. The lowest BCUT2D eigenvalue weighted by Gasteiger charge is -2.33. The molecule has 0 fully saturated rings. The first-order valence-electron chi connectivity index (χ1n) is 21.0. The Balaban J connectivity index is 1.32. The second-order valence-electron chi connectivity index (χ2n) is 16.5. The van der Waals surface area contributed by atoms with E-state index in [1.807, 2.05) is 0 Å². The number of fused-ring (bicyclic) bond motifs is 6. The molecule has 0 saturated heterocycles. The number of aryl methyl sites for hydroxylation is 4. The van der Waals surface area contributed by atoms with Gasteiger partial charge in [-0.3, -0.25) is 0 Å². The van der Waals surface area contributed by atoms with Crippen molar-refractivity contribution >= 4 is 50.8 Å². The fourth-order valence-electron chi connectivity index (χ4n) is 10.0. The highest BCUT2D eigenvalue weighted by atomic mass is 15.1. The molecule has 0 spiro atoms. The highest BCUT2D eigenvalue weighted by Crippen LogP contribution is 2.49. The normalized spacial score (nSPS) is 13.2. The predicted molar refractivity (Wildman–Crippen MR) is 251 cm³/mol. The molecule has 8 aromatic carbocycles. The largest absolute Gasteiger partial charge is 0.309 e. The van der Waals surface area contributed by atoms with Crippen molar-refractivity contribution in [2.45, 2.75) is 60.3 Å². The number of rotatable bonds is 6. The van der Waals surface area contributed by atoms with Crippen LogP contribution in [0.3, 0.4) is 0 Å². The fourth-order valence-corrected chi connectivity index (χ4v) is 10.0. The number of hydrogen-bond acceptors (Lipinski definition) is 1. The molecule has 10 rings (SSSR count). The number of allylic oxidation sites excluding steroid dienone is 2. The van der Waals surface area contributed by atoms with Crippen molar-refractivity contribution < 1.29 is 0 Å². The standard InChI is InChI=1S/C57H49N/c1-36-17-6-10-22-45(36)51-33-43-30-29-41-31-32-44(35-52(41)57(43)56(40(51)5)47-24-12-8-19-38(47)3)58(53-28-16-20-39(4)55(53)46-23-11-7-18-37(46)2)54-34-42-21-9-13-25-48(42)49-26-14-15-27-50(49)54/h6-12,15-24,27-35H,13-14,25-26H2,1-5H3. The van der Waals surface area contributed by atoms with Gasteiger partial charge in [-0.25, -0.2) is 0 Å². The van der Waals surface area contributed by atoms with E-state index >= 15 is 0 Å². The predicted octanol–water partition coefficient (Wildman–Crippen LogP) is 15.9. The van der Waals surface area contributed by atoms with Crippen LogP contribution in [0.15, 0.2) is 146 Å². The number of anilines is 3. The molecule has 0 radical (unpaired) electrons. The van der Waals surface area contributed by atoms with Crippen LogP contribution >= 0.6 is 0 Å². The molecule has 2 aliphatic carbocycles. The van der Waals surface area contributed by atoms with E-state index < -0.39 is 0 Å². The second-order valence-corrected chi connectivity index (χ2v) is 16.5. The van der Waals surface area contributed by atoms with Crippen LogP contribution < -0.4 is 4.90 Å². The van der Waals surface area contributed by atoms with Gasteiger partial charge in [-0.15, -0.1) is 0 Å². The molecule has 1 nitrogen and oxygen atoms in total. The van der Waals surface area contributed by atoms with Crippen LogP contribution in [0.1, 0.15) is 62.9 Å². The van der Waals surface area contributed by atoms with Gasteiger partial charge in [-0.2, -0.15) is 0 Å². The van der Waals surface area contributed by atoms with Crippen LogP contribution in [0.5, 0.6) is 0 Å². The average molecular weight is 748 g/mol. The van der Waals surface area contributed by atoms with E-state index in [9.17, 15) is 0 Å². The molecule has 58 heavy (non-hydrogen) atoms. The lowest BCUT2D eigenvalue weighted by Crippen LogP contribution is -2.17. The van der Waals surface area contributed by atoms with Crippen molar-refractivity contribution in [1.82, 2.24) is 0 Å². The van der Waals surface area contributed by atoms with E-state index in [1.165, 1.54) is 116 Å². The fraction of sp³-hybridized carbons (Fsp3) is 0.158. The molecule has 0 aliphatic heterocycles. The molecular weight excluding hydrogens is 699 g/mol. The summed E-state index contributed by atoms with van der Waals surface area (Å²) in [5.74, 6) is 0. The van der Waals surface area contributed by atoms with Crippen LogP contribution in [0.25, 0.3) is 67.1 Å². The van der Waals surface area contributed by atoms with Gasteiger partial charge in [0.15, 0.2) is 0 Å². The van der Waals surface area contributed by atoms with Gasteiger partial charge in [0.1, 0.15) is 0 Å². The Morgan fingerprint density at radius 2 is 1.05 bits per heavy atom. The topological polar surface area (TPSA) is 3.24 Å². The first kappa shape index (κ1) is 35.9. The molecule has 0 N–H and O–H groups in total. The van der Waals surface area contributed by atoms with Gasteiger partial charge in [0.2, 0.25) is 0 Å². The van der Waals surface area contributed by atoms with Crippen LogP contribution in [-0.2, 0) is 12.8 Å². The first-order chi connectivity index (χ1) is 28.4. The quantitative estimate of drug-likeness (QED) is 0.153. The molecule has 0 saturated carbocycles. The monoisotopic (exact) mass is 747 g/mol. The van der Waals surface area contributed by atoms with Crippen LogP contribution in [0.4, 0.5) is 17.1 Å². The van der Waals surface area contributed by atoms with Crippen molar-refractivity contribution in [3.63, 3.8) is 0 Å². The Hall–Kier alpha value is -6.44. The maximum Gasteiger partial charge on any atom is 0.0543 e. The van der Waals surface area contributed by atoms with Crippen molar-refractivity contribution in [2.75, 3.05) is 4.90 Å². The van der Waals surface area contributed by atoms with E-state index in [4.69, 9.17) is 0 Å². The minimum absolute atomic E-state index is 1.08. The third-order valence-corrected chi connectivity index (χ3v) is 12.9. The molecule has 0 bridgehead atoms. The Kier molecular flexibility index (Phi) is 8.98. The van der Waals surface area contributed by atoms with E-state index in [2.05, 4.69) is 197 Å². The van der Waals surface area contributed by atoms with Crippen molar-refractivity contribution in [1.29, 1.82) is 0 Å². The van der Waals surface area contributed by atoms with Gasteiger partial charge in [-0.05, 0) is 185 Å². The van der Waals surface area contributed by atoms with Crippen molar-refractivity contribution in [3.8, 4) is 33.4 Å². The Morgan fingerprint density at radius 3 is 1.78 bits per heavy atom. The molecule has 2 aliphatic rings. The molecule has 8 aromatic rings. The summed E-state index contributed by atoms with van der Waals surface area (Å²) in [7, 11) is 0. The Morgan fingerprint density at radius 1 is 0.448 bits per heavy atom. The minimum atomic E-state index is 1.08. The molecule has 0 aromatic heterocycles. The number of nitrogens with zero attached hydrogens (tertiary/aromatic N) is 1. The molecular formula is C57H49N. The van der Waals surface area contributed by atoms with Crippen LogP contribution in [0, 0.1) is 34.6 Å². The maximum atomic E-state index is 2.59. The zero-order valence-corrected chi connectivity index (χ0v) is 34.3. The molecule has 0 heterocycles. The summed E-state index contributed by atoms with van der Waals surface area (Å²) >= 11 is 0. The summed E-state index contributed by atoms with van der Waals surface area (Å²) in [5, 5.41) is 5.08. The smallest absolute Gasteiger partial charge is 0.0543 e. The van der Waals surface area contributed by atoms with E-state index in [0.29, 0.717) is 0 Å². The zero-order chi connectivity index (χ0) is 39.5. The summed E-state index contributed by atoms with van der Waals surface area (Å²) in [5.41, 5.74) is 23.5. The van der Waals surface area contributed by atoms with Gasteiger partial charge in [0.05, 0.1) is 11.4 Å². The van der Waals surface area contributed by atoms with Gasteiger partial charge >= 0.3 is 0 Å². The van der Waals surface area contributed by atoms with Crippen molar-refractivity contribution in [2.24, 2.45) is 0 Å². The maximum absolute atomic E-state index is 2.59. The molecule has 0 atom stereocenters. The number of benzene rings is 8. The van der Waals surface area contributed by atoms with Gasteiger partial charge in [-0.1, -0.05) is 127 Å². The van der Waals surface area contributed by atoms with E-state index in [1.54, 1.807) is 0 Å². The van der Waals surface area contributed by atoms with Crippen LogP contribution in [0.2, 0.25) is 0 Å². The summed E-state index contributed by atoms with van der Waals surface area (Å²) in [6.45, 7) is 11.3. The average Bonchev–Trinajstić information content (AvgIpc) is 3.25. The lowest BCUT2D eigenvalue weighted by atomic mass is 9.83. The van der Waals surface area contributed by atoms with Gasteiger partial charge in [0, 0.05) is 16.8 Å². The third-order valence-electron chi connectivity index (χ3n) is 12.9. The van der Waals surface area contributed by atoms with Gasteiger partial charge in [0.25, 0.3) is 0 Å². The van der Waals surface area contributed by atoms with Crippen molar-refractivity contribution in [3.05, 3.63) is 196 Å². The van der Waals surface area contributed by atoms with Crippen LogP contribution in [-0.4, -0.2) is 0 Å². The highest BCUT2D eigenvalue weighted by Gasteiger charge is 2.27. The Labute approximate surface area is 343 Å². The van der Waals surface area contributed by atoms with E-state index in [0.717, 1.165) is 31.4 Å². The van der Waals surface area contributed by atoms with Gasteiger partial charge < -0.3 is 4.90 Å². The SMILES string of the molecule is Cc1ccccc1-c1cc2ccc3ccc(N(c4cc5c(c6c4C=CCC6)CCC=C5)c4cccc(C)c4-c4ccccc4C)cc3c2c(-c2ccccc2C)c1C. The summed E-state index contributed by atoms with van der Waals surface area (Å²) < 4.78 is 0. The molecule has 0 amide bonds. The molecule has 0 unspecified atom stereocenters. The second kappa shape index (κ2) is 14.5. The zero-order valence-electron chi connectivity index (χ0n) is 34.3. The summed E-state index contributed by atoms with van der Waals surface area (Å²) in [6, 6.07) is 50.2. The number of hydrogen-bond donors (Lipinski definition) is 0. The first-order valence-corrected chi connectivity index (χ1v) is 21.0. The minimum Gasteiger partial charge on any atom is -0.309 e. The summed E-state index contributed by atoms with van der Waals surface area (Å²) in [6.07, 6.45) is 13.9. The third kappa shape index (κ3) is 5.92. The molecule has 282 valence electrons.